The van der Waals surface area contributed by atoms with Crippen molar-refractivity contribution < 1.29 is 19.0 Å². The summed E-state index contributed by atoms with van der Waals surface area (Å²) in [6.45, 7) is 4.18. The first kappa shape index (κ1) is 26.5. The minimum Gasteiger partial charge on any atom is -0.505 e. The van der Waals surface area contributed by atoms with E-state index in [2.05, 4.69) is 20.5 Å². The fraction of sp³-hybridized carbons (Fsp3) is 0.360. The van der Waals surface area contributed by atoms with Gasteiger partial charge in [0, 0.05) is 39.5 Å². The molecule has 0 aliphatic carbocycles. The Hall–Kier alpha value is -3.75. The second kappa shape index (κ2) is 13.1. The maximum absolute atomic E-state index is 14.0. The molecule has 2 rings (SSSR count). The molecule has 0 bridgehead atoms. The second-order valence-electron chi connectivity index (χ2n) is 7.65. The van der Waals surface area contributed by atoms with E-state index in [9.17, 15) is 14.3 Å². The summed E-state index contributed by atoms with van der Waals surface area (Å²) in [5.74, 6) is -0.822. The van der Waals surface area contributed by atoms with Gasteiger partial charge in [0.1, 0.15) is 11.6 Å². The van der Waals surface area contributed by atoms with E-state index in [4.69, 9.17) is 4.74 Å². The molecule has 1 aromatic heterocycles. The Kier molecular flexibility index (Phi) is 10.2. The third-order valence-electron chi connectivity index (χ3n) is 5.18. The number of aryl methyl sites for hydroxylation is 1. The lowest BCUT2D eigenvalue weighted by molar-refractivity contribution is 0.0814. The van der Waals surface area contributed by atoms with Crippen LogP contribution in [0, 0.1) is 6.92 Å². The van der Waals surface area contributed by atoms with Crippen LogP contribution in [0.4, 0.5) is 4.39 Å². The fourth-order valence-corrected chi connectivity index (χ4v) is 3.46. The number of aromatic hydroxyl groups is 1. The number of carbonyl (C=O) groups is 1. The highest BCUT2D eigenvalue weighted by molar-refractivity contribution is 6.01. The van der Waals surface area contributed by atoms with Gasteiger partial charge < -0.3 is 14.7 Å². The molecule has 1 amide bonds. The summed E-state index contributed by atoms with van der Waals surface area (Å²) in [5, 5.41) is 14.8. The Labute approximate surface area is 199 Å². The number of nitrogens with one attached hydrogen (secondary N) is 1. The average Bonchev–Trinajstić information content (AvgIpc) is 3.11. The zero-order chi connectivity index (χ0) is 25.1. The smallest absolute Gasteiger partial charge is 0.305 e. The number of hydrogen-bond acceptors (Lipinski definition) is 6. The van der Waals surface area contributed by atoms with Crippen LogP contribution in [-0.4, -0.2) is 54.3 Å². The van der Waals surface area contributed by atoms with Crippen molar-refractivity contribution >= 4 is 18.1 Å². The number of carbonyl (C=O) groups excluding carboxylic acids is 1. The van der Waals surface area contributed by atoms with Crippen molar-refractivity contribution in [1.29, 1.82) is 0 Å². The molecule has 1 aliphatic rings. The quantitative estimate of drug-likeness (QED) is 0.273. The van der Waals surface area contributed by atoms with Gasteiger partial charge in [0.05, 0.1) is 18.9 Å². The third-order valence-corrected chi connectivity index (χ3v) is 5.18. The van der Waals surface area contributed by atoms with E-state index in [0.717, 1.165) is 23.1 Å². The molecule has 0 saturated carbocycles. The lowest BCUT2D eigenvalue weighted by Gasteiger charge is -2.09. The summed E-state index contributed by atoms with van der Waals surface area (Å²) in [4.78, 5) is 22.3. The molecule has 0 atom stereocenters. The lowest BCUT2D eigenvalue weighted by Crippen LogP contribution is -2.19. The molecule has 8 nitrogen and oxygen atoms in total. The van der Waals surface area contributed by atoms with Gasteiger partial charge >= 0.3 is 6.02 Å². The van der Waals surface area contributed by atoms with Crippen molar-refractivity contribution in [3.8, 4) is 5.75 Å². The Balaban J connectivity index is 2.60. The predicted molar refractivity (Wildman–Crippen MR) is 132 cm³/mol. The van der Waals surface area contributed by atoms with E-state index >= 15 is 0 Å². The number of amidine groups is 1. The zero-order valence-corrected chi connectivity index (χ0v) is 20.3. The first-order valence-corrected chi connectivity index (χ1v) is 10.9. The number of aliphatic imine (C=N–C) groups is 1. The van der Waals surface area contributed by atoms with Gasteiger partial charge in [0.15, 0.2) is 0 Å². The van der Waals surface area contributed by atoms with Crippen LogP contribution in [0.2, 0.25) is 0 Å². The van der Waals surface area contributed by atoms with Gasteiger partial charge in [-0.05, 0) is 54.2 Å². The molecule has 1 aliphatic heterocycles. The molecule has 9 heteroatoms. The number of aromatic nitrogens is 1. The number of hydrazone groups is 1. The van der Waals surface area contributed by atoms with Crippen LogP contribution < -0.4 is 5.43 Å². The second-order valence-corrected chi connectivity index (χ2v) is 7.65. The van der Waals surface area contributed by atoms with Crippen molar-refractivity contribution in [3.63, 3.8) is 0 Å². The molecule has 0 spiro atoms. The number of nitrogens with zero attached hydrogens (tertiary/aromatic N) is 4. The van der Waals surface area contributed by atoms with Gasteiger partial charge in [0.2, 0.25) is 0 Å². The molecular weight excluding hydrogens is 437 g/mol. The van der Waals surface area contributed by atoms with Crippen LogP contribution >= 0.6 is 0 Å². The number of amides is 1. The minimum atomic E-state index is -0.328. The maximum atomic E-state index is 14.0. The van der Waals surface area contributed by atoms with Crippen LogP contribution in [0.15, 0.2) is 52.6 Å². The Morgan fingerprint density at radius 3 is 2.82 bits per heavy atom. The molecule has 2 N–H and O–H groups in total. The van der Waals surface area contributed by atoms with Crippen molar-refractivity contribution in [1.82, 2.24) is 15.3 Å². The Morgan fingerprint density at radius 1 is 1.38 bits per heavy atom. The van der Waals surface area contributed by atoms with E-state index in [-0.39, 0.29) is 29.1 Å². The molecular formula is C25H32FN5O3. The summed E-state index contributed by atoms with van der Waals surface area (Å²) in [5.41, 5.74) is 6.04. The SMILES string of the molecule is CC/C=C\C(F)=C/Cc1cncc(O)c2c(c(C/C=N/NC(=NC)OC)c(C)c1)CN(C)C2=O. The highest BCUT2D eigenvalue weighted by atomic mass is 19.1. The topological polar surface area (TPSA) is 99.4 Å². The molecule has 0 unspecified atom stereocenters. The van der Waals surface area contributed by atoms with Gasteiger partial charge in [0.25, 0.3) is 5.91 Å². The van der Waals surface area contributed by atoms with Crippen LogP contribution in [-0.2, 0) is 24.1 Å². The number of rotatable bonds is 7. The van der Waals surface area contributed by atoms with Crippen LogP contribution in [0.3, 0.4) is 0 Å². The Morgan fingerprint density at radius 2 is 2.15 bits per heavy atom. The molecule has 182 valence electrons. The Bertz CT molecular complexity index is 1080. The van der Waals surface area contributed by atoms with Gasteiger partial charge in [-0.3, -0.25) is 9.78 Å². The van der Waals surface area contributed by atoms with Crippen molar-refractivity contribution in [3.05, 3.63) is 70.3 Å². The number of hydrogen-bond donors (Lipinski definition) is 2. The van der Waals surface area contributed by atoms with Gasteiger partial charge in [-0.2, -0.15) is 5.10 Å². The number of allylic oxidation sites excluding steroid dienone is 4. The minimum absolute atomic E-state index is 0.213. The molecule has 0 aromatic carbocycles. The van der Waals surface area contributed by atoms with Crippen LogP contribution in [0.1, 0.15) is 46.0 Å². The van der Waals surface area contributed by atoms with E-state index in [0.29, 0.717) is 24.9 Å². The molecule has 0 radical (unpaired) electrons. The van der Waals surface area contributed by atoms with Gasteiger partial charge in [-0.1, -0.05) is 19.1 Å². The maximum Gasteiger partial charge on any atom is 0.305 e. The van der Waals surface area contributed by atoms with Crippen molar-refractivity contribution in [2.75, 3.05) is 21.2 Å². The van der Waals surface area contributed by atoms with Crippen molar-refractivity contribution in [2.24, 2.45) is 10.1 Å². The first-order chi connectivity index (χ1) is 16.3. The summed E-state index contributed by atoms with van der Waals surface area (Å²) < 4.78 is 19.1. The van der Waals surface area contributed by atoms with E-state index in [1.54, 1.807) is 32.6 Å². The average molecular weight is 470 g/mol. The highest BCUT2D eigenvalue weighted by Crippen LogP contribution is 2.30. The van der Waals surface area contributed by atoms with Gasteiger partial charge in [-0.25, -0.2) is 14.8 Å². The predicted octanol–water partition coefficient (Wildman–Crippen LogP) is 3.92. The van der Waals surface area contributed by atoms with Gasteiger partial charge in [-0.15, -0.1) is 0 Å². The lowest BCUT2D eigenvalue weighted by atomic mass is 9.98. The number of methoxy groups -OCH3 is 1. The van der Waals surface area contributed by atoms with E-state index in [1.807, 2.05) is 19.9 Å². The number of halogens is 1. The molecule has 0 saturated heterocycles. The number of fused-ring (bicyclic) bond motifs is 1. The zero-order valence-electron chi connectivity index (χ0n) is 20.3. The summed E-state index contributed by atoms with van der Waals surface area (Å²) >= 11 is 0. The van der Waals surface area contributed by atoms with E-state index < -0.39 is 0 Å². The molecule has 2 heterocycles. The monoisotopic (exact) mass is 469 g/mol. The normalized spacial score (nSPS) is 14.1. The first-order valence-electron chi connectivity index (χ1n) is 10.9. The van der Waals surface area contributed by atoms with Crippen molar-refractivity contribution in [2.45, 2.75) is 39.7 Å². The molecule has 0 fully saturated rings. The largest absolute Gasteiger partial charge is 0.505 e. The third kappa shape index (κ3) is 7.13. The molecule has 34 heavy (non-hydrogen) atoms. The summed E-state index contributed by atoms with van der Waals surface area (Å²) in [6.07, 6.45) is 10.5. The summed E-state index contributed by atoms with van der Waals surface area (Å²) in [7, 11) is 4.73. The summed E-state index contributed by atoms with van der Waals surface area (Å²) in [6, 6.07) is 2.17. The van der Waals surface area contributed by atoms with E-state index in [1.165, 1.54) is 30.4 Å². The highest BCUT2D eigenvalue weighted by Gasteiger charge is 2.29. The molecule has 1 aromatic rings. The van der Waals surface area contributed by atoms with Crippen LogP contribution in [0.5, 0.6) is 5.75 Å². The standard InChI is InChI=1S/C25H32FN5O3/c1-6-7-8-19(26)10-9-18-13-17(2)20(11-12-29-30-25(27-3)34-5)21-16-31(4)24(33)23(21)22(32)15-28-14-18/h7-8,10,12-15,32H,6,9,11,16H2,1-5H3,(H,27,30)/b8-7-,17-13?,18-13?,18-14?,19-10+,20-17?,21-20?,22-15?,23-22?,28-14?,28-15?,29-12+. The number of ether oxygens (including phenoxy) is 1. The van der Waals surface area contributed by atoms with Crippen LogP contribution in [0.25, 0.3) is 0 Å². The fourth-order valence-electron chi connectivity index (χ4n) is 3.46.